The van der Waals surface area contributed by atoms with Crippen LogP contribution < -0.4 is 4.90 Å². The average Bonchev–Trinajstić information content (AvgIpc) is 3.19. The Bertz CT molecular complexity index is 763. The van der Waals surface area contributed by atoms with E-state index in [-0.39, 0.29) is 0 Å². The first-order chi connectivity index (χ1) is 10.7. The van der Waals surface area contributed by atoms with Crippen molar-refractivity contribution >= 4 is 44.4 Å². The number of aromatic nitrogens is 3. The monoisotopic (exact) mass is 382 g/mol. The van der Waals surface area contributed by atoms with Crippen LogP contribution in [0.15, 0.2) is 10.7 Å². The molecule has 2 bridgehead atoms. The average molecular weight is 384 g/mol. The standard InChI is InChI=1S/C15H16BrClN4O/c1-22-13-6-2-7-5-21(12(13)8(7)3-6)14-11-10(9(16)4-18-11)19-15(17)20-14/h4,6-8,12-13,18H,2-3,5H2,1H3. The maximum absolute atomic E-state index is 6.18. The molecule has 5 atom stereocenters. The molecule has 7 heteroatoms. The largest absolute Gasteiger partial charge is 0.379 e. The molecule has 3 fully saturated rings. The molecule has 2 aromatic rings. The number of aromatic amines is 1. The van der Waals surface area contributed by atoms with Crippen LogP contribution in [0.1, 0.15) is 12.8 Å². The third-order valence-corrected chi connectivity index (χ3v) is 6.57. The molecule has 22 heavy (non-hydrogen) atoms. The van der Waals surface area contributed by atoms with Crippen molar-refractivity contribution in [1.82, 2.24) is 15.0 Å². The predicted molar refractivity (Wildman–Crippen MR) is 88.2 cm³/mol. The van der Waals surface area contributed by atoms with Gasteiger partial charge in [-0.3, -0.25) is 0 Å². The molecule has 3 heterocycles. The lowest BCUT2D eigenvalue weighted by Crippen LogP contribution is -2.42. The lowest BCUT2D eigenvalue weighted by atomic mass is 9.88. The number of halogens is 2. The van der Waals surface area contributed by atoms with Crippen molar-refractivity contribution in [2.24, 2.45) is 17.8 Å². The maximum atomic E-state index is 6.18. The van der Waals surface area contributed by atoms with E-state index in [1.54, 1.807) is 0 Å². The summed E-state index contributed by atoms with van der Waals surface area (Å²) in [6.45, 7) is 1.05. The zero-order valence-electron chi connectivity index (χ0n) is 12.1. The number of H-pyrrole nitrogens is 1. The number of rotatable bonds is 2. The van der Waals surface area contributed by atoms with Gasteiger partial charge in [0.25, 0.3) is 0 Å². The summed E-state index contributed by atoms with van der Waals surface area (Å²) in [5, 5.41) is 0.297. The third kappa shape index (κ3) is 1.63. The molecule has 3 aliphatic rings. The molecule has 5 unspecified atom stereocenters. The van der Waals surface area contributed by atoms with Gasteiger partial charge in [0.15, 0.2) is 5.82 Å². The van der Waals surface area contributed by atoms with Crippen LogP contribution in [0.3, 0.4) is 0 Å². The van der Waals surface area contributed by atoms with Crippen molar-refractivity contribution in [3.63, 3.8) is 0 Å². The fourth-order valence-corrected chi connectivity index (χ4v) is 5.67. The van der Waals surface area contributed by atoms with Gasteiger partial charge in [-0.25, -0.2) is 4.98 Å². The van der Waals surface area contributed by atoms with E-state index in [4.69, 9.17) is 16.3 Å². The van der Waals surface area contributed by atoms with Gasteiger partial charge in [0, 0.05) is 19.9 Å². The highest BCUT2D eigenvalue weighted by Gasteiger charge is 2.60. The first-order valence-corrected chi connectivity index (χ1v) is 8.84. The summed E-state index contributed by atoms with van der Waals surface area (Å²) in [5.41, 5.74) is 1.80. The molecule has 0 amide bonds. The van der Waals surface area contributed by atoms with E-state index in [0.717, 1.165) is 39.7 Å². The van der Waals surface area contributed by atoms with Gasteiger partial charge in [-0.1, -0.05) is 0 Å². The summed E-state index contributed by atoms with van der Waals surface area (Å²) in [6, 6.07) is 0.421. The molecule has 116 valence electrons. The lowest BCUT2D eigenvalue weighted by molar-refractivity contribution is 0.0447. The highest BCUT2D eigenvalue weighted by molar-refractivity contribution is 9.10. The van der Waals surface area contributed by atoms with E-state index < -0.39 is 0 Å². The quantitative estimate of drug-likeness (QED) is 0.809. The Hall–Kier alpha value is -0.850. The molecule has 2 aromatic heterocycles. The third-order valence-electron chi connectivity index (χ3n) is 5.79. The Morgan fingerprint density at radius 3 is 3.05 bits per heavy atom. The minimum Gasteiger partial charge on any atom is -0.379 e. The predicted octanol–water partition coefficient (Wildman–Crippen LogP) is 3.23. The summed E-state index contributed by atoms with van der Waals surface area (Å²) in [6.07, 6.45) is 4.79. The molecule has 0 radical (unpaired) electrons. The smallest absolute Gasteiger partial charge is 0.225 e. The lowest BCUT2D eigenvalue weighted by Gasteiger charge is -2.32. The van der Waals surface area contributed by atoms with Crippen molar-refractivity contribution in [2.75, 3.05) is 18.6 Å². The van der Waals surface area contributed by atoms with E-state index >= 15 is 0 Å². The SMILES string of the molecule is COC1C2CC3CN(c4nc(Cl)nc5c(Br)c[nH]c45)C1C3C2. The van der Waals surface area contributed by atoms with E-state index in [1.165, 1.54) is 12.8 Å². The van der Waals surface area contributed by atoms with Gasteiger partial charge in [-0.2, -0.15) is 4.98 Å². The number of nitrogens with zero attached hydrogens (tertiary/aromatic N) is 3. The highest BCUT2D eigenvalue weighted by atomic mass is 79.9. The van der Waals surface area contributed by atoms with Crippen molar-refractivity contribution in [1.29, 1.82) is 0 Å². The van der Waals surface area contributed by atoms with Crippen molar-refractivity contribution < 1.29 is 4.74 Å². The van der Waals surface area contributed by atoms with Crippen molar-refractivity contribution in [3.05, 3.63) is 16.0 Å². The van der Waals surface area contributed by atoms with Gasteiger partial charge in [0.1, 0.15) is 11.0 Å². The first-order valence-electron chi connectivity index (χ1n) is 7.67. The minimum absolute atomic E-state index is 0.297. The summed E-state index contributed by atoms with van der Waals surface area (Å²) < 4.78 is 6.76. The van der Waals surface area contributed by atoms with E-state index in [0.29, 0.717) is 23.3 Å². The van der Waals surface area contributed by atoms with Crippen LogP contribution in [0.25, 0.3) is 11.0 Å². The van der Waals surface area contributed by atoms with Crippen LogP contribution in [0.5, 0.6) is 0 Å². The molecule has 0 aromatic carbocycles. The molecular formula is C15H16BrClN4O. The summed E-state index contributed by atoms with van der Waals surface area (Å²) >= 11 is 9.70. The van der Waals surface area contributed by atoms with Crippen molar-refractivity contribution in [2.45, 2.75) is 25.0 Å². The Labute approximate surface area is 141 Å². The summed E-state index contributed by atoms with van der Waals surface area (Å²) in [7, 11) is 1.84. The number of nitrogens with one attached hydrogen (secondary N) is 1. The normalized spacial score (nSPS) is 36.0. The van der Waals surface area contributed by atoms with Crippen LogP contribution >= 0.6 is 27.5 Å². The zero-order chi connectivity index (χ0) is 15.0. The molecule has 2 saturated carbocycles. The second kappa shape index (κ2) is 4.58. The van der Waals surface area contributed by atoms with Crippen LogP contribution in [0.4, 0.5) is 5.82 Å². The molecule has 1 saturated heterocycles. The minimum atomic E-state index is 0.297. The molecule has 0 spiro atoms. The summed E-state index contributed by atoms with van der Waals surface area (Å²) in [5.74, 6) is 3.13. The molecule has 5 nitrogen and oxygen atoms in total. The van der Waals surface area contributed by atoms with E-state index in [1.807, 2.05) is 13.3 Å². The number of methoxy groups -OCH3 is 1. The maximum Gasteiger partial charge on any atom is 0.225 e. The number of hydrogen-bond donors (Lipinski definition) is 1. The Kier molecular flexibility index (Phi) is 2.83. The molecule has 5 rings (SSSR count). The van der Waals surface area contributed by atoms with Crippen LogP contribution in [-0.4, -0.2) is 40.8 Å². The fourth-order valence-electron chi connectivity index (χ4n) is 5.10. The van der Waals surface area contributed by atoms with Gasteiger partial charge in [-0.15, -0.1) is 0 Å². The zero-order valence-corrected chi connectivity index (χ0v) is 14.4. The second-order valence-electron chi connectivity index (χ2n) is 6.68. The number of anilines is 1. The van der Waals surface area contributed by atoms with Gasteiger partial charge in [0.2, 0.25) is 5.28 Å². The first kappa shape index (κ1) is 13.6. The second-order valence-corrected chi connectivity index (χ2v) is 7.87. The number of fused-ring (bicyclic) bond motifs is 2. The van der Waals surface area contributed by atoms with Crippen LogP contribution in [0, 0.1) is 17.8 Å². The Morgan fingerprint density at radius 1 is 1.36 bits per heavy atom. The Morgan fingerprint density at radius 2 is 2.23 bits per heavy atom. The van der Waals surface area contributed by atoms with E-state index in [9.17, 15) is 0 Å². The van der Waals surface area contributed by atoms with Gasteiger partial charge in [-0.05, 0) is 58.1 Å². The number of ether oxygens (including phenoxy) is 1. The summed E-state index contributed by atoms with van der Waals surface area (Å²) in [4.78, 5) is 14.6. The van der Waals surface area contributed by atoms with Crippen LogP contribution in [-0.2, 0) is 4.74 Å². The topological polar surface area (TPSA) is 54.0 Å². The Balaban J connectivity index is 1.66. The molecule has 2 aliphatic carbocycles. The highest BCUT2D eigenvalue weighted by Crippen LogP contribution is 2.56. The molecule has 1 N–H and O–H groups in total. The van der Waals surface area contributed by atoms with Gasteiger partial charge >= 0.3 is 0 Å². The van der Waals surface area contributed by atoms with E-state index in [2.05, 4.69) is 35.8 Å². The number of hydrogen-bond acceptors (Lipinski definition) is 4. The van der Waals surface area contributed by atoms with Crippen molar-refractivity contribution in [3.8, 4) is 0 Å². The van der Waals surface area contributed by atoms with Crippen LogP contribution in [0.2, 0.25) is 5.28 Å². The fraction of sp³-hybridized carbons (Fsp3) is 0.600. The van der Waals surface area contributed by atoms with Gasteiger partial charge in [0.05, 0.1) is 16.6 Å². The van der Waals surface area contributed by atoms with Gasteiger partial charge < -0.3 is 14.6 Å². The molecule has 1 aliphatic heterocycles. The molecular weight excluding hydrogens is 368 g/mol.